The predicted molar refractivity (Wildman–Crippen MR) is 106 cm³/mol. The van der Waals surface area contributed by atoms with Gasteiger partial charge in [0, 0.05) is 12.1 Å². The topological polar surface area (TPSA) is 38.0 Å². The fourth-order valence-electron chi connectivity index (χ4n) is 4.27. The second-order valence-electron chi connectivity index (χ2n) is 7.76. The first-order valence-corrected chi connectivity index (χ1v) is 9.76. The Hall–Kier alpha value is -1.64. The van der Waals surface area contributed by atoms with E-state index >= 15 is 0 Å². The number of hydrogen-bond acceptors (Lipinski definition) is 2. The summed E-state index contributed by atoms with van der Waals surface area (Å²) in [7, 11) is 0. The molecule has 0 radical (unpaired) electrons. The fourth-order valence-corrected chi connectivity index (χ4v) is 4.27. The van der Waals surface area contributed by atoms with Gasteiger partial charge in [-0.2, -0.15) is 0 Å². The van der Waals surface area contributed by atoms with Crippen LogP contribution in [-0.2, 0) is 0 Å². The van der Waals surface area contributed by atoms with Crippen molar-refractivity contribution in [3.05, 3.63) is 71.8 Å². The summed E-state index contributed by atoms with van der Waals surface area (Å²) in [5.74, 6) is 1.38. The van der Waals surface area contributed by atoms with Crippen molar-refractivity contribution in [2.75, 3.05) is 0 Å². The third-order valence-corrected chi connectivity index (χ3v) is 5.90. The van der Waals surface area contributed by atoms with Crippen LogP contribution >= 0.6 is 0 Å². The van der Waals surface area contributed by atoms with E-state index in [1.54, 1.807) is 0 Å². The van der Waals surface area contributed by atoms with Crippen molar-refractivity contribution in [3.63, 3.8) is 0 Å². The lowest BCUT2D eigenvalue weighted by Crippen LogP contribution is -2.41. The second-order valence-corrected chi connectivity index (χ2v) is 7.76. The molecule has 0 aromatic heterocycles. The number of benzene rings is 2. The molecule has 2 aromatic carbocycles. The van der Waals surface area contributed by atoms with Gasteiger partial charge in [0.15, 0.2) is 0 Å². The summed E-state index contributed by atoms with van der Waals surface area (Å²) in [6.45, 7) is 4.52. The molecule has 2 aromatic rings. The summed E-state index contributed by atoms with van der Waals surface area (Å²) < 4.78 is 0. The lowest BCUT2D eigenvalue weighted by Gasteiger charge is -2.37. The van der Waals surface area contributed by atoms with Crippen molar-refractivity contribution in [2.45, 2.75) is 57.7 Å². The molecule has 1 fully saturated rings. The molecule has 1 aliphatic rings. The first-order chi connectivity index (χ1) is 12.1. The standard InChI is InChI=1S/C23H32N2/c1-17(24)21-14-9-15-22(16-21)18(2)25-23(19-10-5-3-6-11-19)20-12-7-4-8-13-20/h3-8,10-13,17-18,21-23,25H,9,14-16,24H2,1-2H3. The van der Waals surface area contributed by atoms with Crippen molar-refractivity contribution in [2.24, 2.45) is 17.6 Å². The third-order valence-electron chi connectivity index (χ3n) is 5.90. The highest BCUT2D eigenvalue weighted by molar-refractivity contribution is 5.31. The molecule has 4 atom stereocenters. The van der Waals surface area contributed by atoms with Crippen LogP contribution in [0.5, 0.6) is 0 Å². The van der Waals surface area contributed by atoms with Gasteiger partial charge in [-0.05, 0) is 56.1 Å². The Kier molecular flexibility index (Phi) is 6.28. The highest BCUT2D eigenvalue weighted by Crippen LogP contribution is 2.34. The maximum atomic E-state index is 6.19. The molecule has 0 heterocycles. The van der Waals surface area contributed by atoms with E-state index in [0.717, 1.165) is 0 Å². The lowest BCUT2D eigenvalue weighted by molar-refractivity contribution is 0.198. The van der Waals surface area contributed by atoms with Gasteiger partial charge in [0.05, 0.1) is 6.04 Å². The van der Waals surface area contributed by atoms with Gasteiger partial charge < -0.3 is 11.1 Å². The fraction of sp³-hybridized carbons (Fsp3) is 0.478. The molecule has 1 saturated carbocycles. The number of nitrogens with two attached hydrogens (primary N) is 1. The lowest BCUT2D eigenvalue weighted by atomic mass is 9.75. The Bertz CT molecular complexity index is 584. The van der Waals surface area contributed by atoms with Crippen molar-refractivity contribution in [1.29, 1.82) is 0 Å². The van der Waals surface area contributed by atoms with Crippen molar-refractivity contribution >= 4 is 0 Å². The first kappa shape index (κ1) is 18.2. The van der Waals surface area contributed by atoms with Crippen molar-refractivity contribution < 1.29 is 0 Å². The van der Waals surface area contributed by atoms with E-state index in [0.29, 0.717) is 23.9 Å². The Labute approximate surface area is 152 Å². The number of rotatable bonds is 6. The molecule has 0 saturated heterocycles. The molecule has 1 aliphatic carbocycles. The van der Waals surface area contributed by atoms with E-state index in [4.69, 9.17) is 5.73 Å². The van der Waals surface area contributed by atoms with Crippen LogP contribution in [0.3, 0.4) is 0 Å². The SMILES string of the molecule is CC(N)C1CCCC(C(C)NC(c2ccccc2)c2ccccc2)C1. The van der Waals surface area contributed by atoms with Gasteiger partial charge in [-0.3, -0.25) is 0 Å². The van der Waals surface area contributed by atoms with Crippen LogP contribution < -0.4 is 11.1 Å². The van der Waals surface area contributed by atoms with Gasteiger partial charge in [-0.25, -0.2) is 0 Å². The average Bonchev–Trinajstić information content (AvgIpc) is 2.67. The van der Waals surface area contributed by atoms with Gasteiger partial charge in [-0.15, -0.1) is 0 Å². The van der Waals surface area contributed by atoms with Crippen LogP contribution in [0.15, 0.2) is 60.7 Å². The van der Waals surface area contributed by atoms with E-state index in [9.17, 15) is 0 Å². The Balaban J connectivity index is 1.76. The van der Waals surface area contributed by atoms with E-state index < -0.39 is 0 Å². The highest BCUT2D eigenvalue weighted by Gasteiger charge is 2.29. The normalized spacial score (nSPS) is 23.4. The number of hydrogen-bond donors (Lipinski definition) is 2. The second kappa shape index (κ2) is 8.64. The zero-order chi connectivity index (χ0) is 17.6. The molecule has 25 heavy (non-hydrogen) atoms. The largest absolute Gasteiger partial charge is 0.328 e. The summed E-state index contributed by atoms with van der Waals surface area (Å²) in [5.41, 5.74) is 8.86. The third kappa shape index (κ3) is 4.71. The monoisotopic (exact) mass is 336 g/mol. The summed E-state index contributed by atoms with van der Waals surface area (Å²) >= 11 is 0. The van der Waals surface area contributed by atoms with E-state index in [2.05, 4.69) is 79.8 Å². The van der Waals surface area contributed by atoms with Gasteiger partial charge in [-0.1, -0.05) is 67.1 Å². The maximum absolute atomic E-state index is 6.19. The maximum Gasteiger partial charge on any atom is 0.0578 e. The zero-order valence-electron chi connectivity index (χ0n) is 15.6. The molecule has 0 amide bonds. The molecular formula is C23H32N2. The highest BCUT2D eigenvalue weighted by atomic mass is 15.0. The van der Waals surface area contributed by atoms with Crippen LogP contribution in [0.4, 0.5) is 0 Å². The summed E-state index contributed by atoms with van der Waals surface area (Å²) in [6, 6.07) is 22.6. The minimum absolute atomic E-state index is 0.244. The van der Waals surface area contributed by atoms with E-state index in [-0.39, 0.29) is 6.04 Å². The Morgan fingerprint density at radius 3 is 1.88 bits per heavy atom. The average molecular weight is 337 g/mol. The molecule has 134 valence electrons. The zero-order valence-corrected chi connectivity index (χ0v) is 15.6. The summed E-state index contributed by atoms with van der Waals surface area (Å²) in [6.07, 6.45) is 5.17. The smallest absolute Gasteiger partial charge is 0.0578 e. The van der Waals surface area contributed by atoms with Gasteiger partial charge in [0.1, 0.15) is 0 Å². The molecule has 0 bridgehead atoms. The number of nitrogens with one attached hydrogen (secondary N) is 1. The Morgan fingerprint density at radius 1 is 0.840 bits per heavy atom. The van der Waals surface area contributed by atoms with E-state index in [1.165, 1.54) is 36.8 Å². The molecule has 0 spiro atoms. The molecular weight excluding hydrogens is 304 g/mol. The molecule has 2 heteroatoms. The minimum atomic E-state index is 0.244. The molecule has 3 rings (SSSR count). The summed E-state index contributed by atoms with van der Waals surface area (Å²) in [5, 5.41) is 3.94. The van der Waals surface area contributed by atoms with Crippen molar-refractivity contribution in [1.82, 2.24) is 5.32 Å². The molecule has 3 N–H and O–H groups in total. The van der Waals surface area contributed by atoms with E-state index in [1.807, 2.05) is 0 Å². The first-order valence-electron chi connectivity index (χ1n) is 9.76. The molecule has 4 unspecified atom stereocenters. The van der Waals surface area contributed by atoms with Crippen molar-refractivity contribution in [3.8, 4) is 0 Å². The summed E-state index contributed by atoms with van der Waals surface area (Å²) in [4.78, 5) is 0. The Morgan fingerprint density at radius 2 is 1.36 bits per heavy atom. The molecule has 2 nitrogen and oxygen atoms in total. The van der Waals surface area contributed by atoms with Crippen LogP contribution in [0.1, 0.15) is 56.7 Å². The minimum Gasteiger partial charge on any atom is -0.328 e. The van der Waals surface area contributed by atoms with Crippen LogP contribution in [-0.4, -0.2) is 12.1 Å². The van der Waals surface area contributed by atoms with Crippen LogP contribution in [0, 0.1) is 11.8 Å². The van der Waals surface area contributed by atoms with Gasteiger partial charge in [0.25, 0.3) is 0 Å². The van der Waals surface area contributed by atoms with Crippen LogP contribution in [0.2, 0.25) is 0 Å². The van der Waals surface area contributed by atoms with Gasteiger partial charge in [0.2, 0.25) is 0 Å². The molecule has 0 aliphatic heterocycles. The predicted octanol–water partition coefficient (Wildman–Crippen LogP) is 4.91. The van der Waals surface area contributed by atoms with Crippen LogP contribution in [0.25, 0.3) is 0 Å². The van der Waals surface area contributed by atoms with Gasteiger partial charge >= 0.3 is 0 Å². The quantitative estimate of drug-likeness (QED) is 0.787.